The summed E-state index contributed by atoms with van der Waals surface area (Å²) in [6.45, 7) is 0. The molecule has 1 amide bonds. The fourth-order valence-electron chi connectivity index (χ4n) is 0.530. The summed E-state index contributed by atoms with van der Waals surface area (Å²) in [5.41, 5.74) is 8.89. The number of nitrogens with one attached hydrogen (secondary N) is 1. The van der Waals surface area contributed by atoms with E-state index in [4.69, 9.17) is 0 Å². The van der Waals surface area contributed by atoms with Crippen LogP contribution in [-0.4, -0.2) is 29.9 Å². The fourth-order valence-corrected chi connectivity index (χ4v) is 0.530. The maximum absolute atomic E-state index is 12.4. The Balaban J connectivity index is 5.37. The maximum Gasteiger partial charge on any atom is 0.460 e. The summed E-state index contributed by atoms with van der Waals surface area (Å²) in [4.78, 5) is 11.1. The topological polar surface area (TPSA) is 83.1 Å². The lowest BCUT2D eigenvalue weighted by atomic mass is 10.1. The summed E-state index contributed by atoms with van der Waals surface area (Å²) in [7, 11) is 0. The molecular formula is C5H5F7N3O+. The van der Waals surface area contributed by atoms with E-state index in [9.17, 15) is 35.5 Å². The van der Waals surface area contributed by atoms with E-state index in [0.717, 1.165) is 4.99 Å². The Kier molecular flexibility index (Phi) is 3.42. The molecule has 0 saturated carbocycles. The quantitative estimate of drug-likeness (QED) is 0.326. The Morgan fingerprint density at radius 1 is 0.938 bits per heavy atom. The summed E-state index contributed by atoms with van der Waals surface area (Å²) >= 11 is 0. The first-order chi connectivity index (χ1) is 6.84. The third kappa shape index (κ3) is 2.33. The lowest BCUT2D eigenvalue weighted by molar-refractivity contribution is -0.426. The third-order valence-electron chi connectivity index (χ3n) is 1.29. The zero-order valence-corrected chi connectivity index (χ0v) is 7.21. The van der Waals surface area contributed by atoms with Crippen molar-refractivity contribution in [3.63, 3.8) is 0 Å². The molecule has 16 heavy (non-hydrogen) atoms. The average Bonchev–Trinajstić information content (AvgIpc) is 2.00. The zero-order valence-electron chi connectivity index (χ0n) is 7.21. The molecule has 0 aliphatic rings. The molecule has 0 fully saturated rings. The van der Waals surface area contributed by atoms with Gasteiger partial charge in [-0.1, -0.05) is 0 Å². The molecule has 0 aliphatic carbocycles. The summed E-state index contributed by atoms with van der Waals surface area (Å²) in [6.07, 6.45) is -6.59. The number of amides is 1. The molecule has 0 aromatic carbocycles. The molecule has 0 heterocycles. The third-order valence-corrected chi connectivity index (χ3v) is 1.29. The van der Waals surface area contributed by atoms with Crippen molar-refractivity contribution < 1.29 is 40.5 Å². The molecule has 0 unspecified atom stereocenters. The number of hydrogen-bond acceptors (Lipinski definition) is 1. The van der Waals surface area contributed by atoms with Gasteiger partial charge in [0.25, 0.3) is 0 Å². The number of carbonyl (C=O) groups excluding carboxylic acids is 1. The van der Waals surface area contributed by atoms with Gasteiger partial charge in [0, 0.05) is 0 Å². The number of guanidine groups is 1. The first-order valence-corrected chi connectivity index (χ1v) is 3.35. The summed E-state index contributed by atoms with van der Waals surface area (Å²) < 4.78 is 83.9. The molecule has 0 bridgehead atoms. The molecule has 0 aliphatic heterocycles. The van der Waals surface area contributed by atoms with Crippen LogP contribution in [-0.2, 0) is 4.79 Å². The van der Waals surface area contributed by atoms with Gasteiger partial charge in [-0.05, 0) is 0 Å². The standard InChI is InChI=1S/C5H4F7N3O/c6-3(7,1(16)15-2(13)14)4(8,9)5(10,11)12/h(H4,13,14,15,16)/p+1. The largest absolute Gasteiger partial charge is 0.460 e. The first kappa shape index (κ1) is 14.5. The van der Waals surface area contributed by atoms with Crippen LogP contribution in [0, 0.1) is 0 Å². The smallest absolute Gasteiger partial charge is 0.291 e. The van der Waals surface area contributed by atoms with Crippen molar-refractivity contribution in [1.82, 2.24) is 0 Å². The van der Waals surface area contributed by atoms with Crippen LogP contribution in [0.5, 0.6) is 0 Å². The first-order valence-electron chi connectivity index (χ1n) is 3.35. The van der Waals surface area contributed by atoms with Crippen LogP contribution in [0.15, 0.2) is 0 Å². The van der Waals surface area contributed by atoms with Crippen LogP contribution >= 0.6 is 0 Å². The van der Waals surface area contributed by atoms with E-state index in [1.165, 1.54) is 0 Å². The van der Waals surface area contributed by atoms with E-state index in [2.05, 4.69) is 11.5 Å². The van der Waals surface area contributed by atoms with Gasteiger partial charge in [-0.15, -0.1) is 0 Å². The van der Waals surface area contributed by atoms with Crippen molar-refractivity contribution in [3.8, 4) is 0 Å². The molecule has 0 rings (SSSR count). The second-order valence-electron chi connectivity index (χ2n) is 2.56. The van der Waals surface area contributed by atoms with E-state index in [1.807, 2.05) is 0 Å². The lowest BCUT2D eigenvalue weighted by Crippen LogP contribution is -2.87. The van der Waals surface area contributed by atoms with Gasteiger partial charge in [0.2, 0.25) is 0 Å². The minimum Gasteiger partial charge on any atom is -0.291 e. The summed E-state index contributed by atoms with van der Waals surface area (Å²) in [6, 6.07) is 0. The highest BCUT2D eigenvalue weighted by Crippen LogP contribution is 2.45. The Labute approximate surface area is 83.1 Å². The van der Waals surface area contributed by atoms with Gasteiger partial charge in [0.15, 0.2) is 0 Å². The summed E-state index contributed by atoms with van der Waals surface area (Å²) in [5.74, 6) is -16.7. The maximum atomic E-state index is 12.4. The van der Waals surface area contributed by atoms with Crippen molar-refractivity contribution in [2.45, 2.75) is 18.0 Å². The van der Waals surface area contributed by atoms with Gasteiger partial charge >= 0.3 is 29.9 Å². The number of halogens is 7. The van der Waals surface area contributed by atoms with Crippen molar-refractivity contribution in [1.29, 1.82) is 0 Å². The van der Waals surface area contributed by atoms with Crippen molar-refractivity contribution >= 4 is 11.9 Å². The molecule has 0 saturated heterocycles. The van der Waals surface area contributed by atoms with Crippen LogP contribution in [0.2, 0.25) is 0 Å². The Morgan fingerprint density at radius 2 is 1.31 bits per heavy atom. The lowest BCUT2D eigenvalue weighted by Gasteiger charge is -2.24. The molecule has 0 aromatic rings. The van der Waals surface area contributed by atoms with E-state index in [-0.39, 0.29) is 0 Å². The highest BCUT2D eigenvalue weighted by molar-refractivity contribution is 5.82. The molecular weight excluding hydrogens is 251 g/mol. The van der Waals surface area contributed by atoms with Crippen LogP contribution in [0.3, 0.4) is 0 Å². The van der Waals surface area contributed by atoms with Gasteiger partial charge in [0.05, 0.1) is 0 Å². The molecule has 0 aromatic heterocycles. The molecule has 0 atom stereocenters. The molecule has 94 valence electrons. The predicted molar refractivity (Wildman–Crippen MR) is 35.3 cm³/mol. The Hall–Kier alpha value is -1.55. The van der Waals surface area contributed by atoms with Crippen LogP contribution in [0.1, 0.15) is 0 Å². The zero-order chi connectivity index (χ0) is 13.4. The van der Waals surface area contributed by atoms with Crippen molar-refractivity contribution in [2.24, 2.45) is 11.5 Å². The van der Waals surface area contributed by atoms with Crippen LogP contribution in [0.4, 0.5) is 30.7 Å². The normalized spacial score (nSPS) is 13.4. The highest BCUT2D eigenvalue weighted by Gasteiger charge is 2.77. The molecule has 0 spiro atoms. The SMILES string of the molecule is NC(N)=[NH+]C(=O)C(F)(F)C(F)(F)C(F)(F)F. The fraction of sp³-hybridized carbons (Fsp3) is 0.600. The average molecular weight is 256 g/mol. The van der Waals surface area contributed by atoms with E-state index < -0.39 is 29.9 Å². The van der Waals surface area contributed by atoms with Gasteiger partial charge in [-0.2, -0.15) is 30.7 Å². The van der Waals surface area contributed by atoms with Crippen LogP contribution < -0.4 is 16.5 Å². The number of alkyl halides is 7. The van der Waals surface area contributed by atoms with Crippen molar-refractivity contribution in [3.05, 3.63) is 0 Å². The van der Waals surface area contributed by atoms with Gasteiger partial charge < -0.3 is 0 Å². The van der Waals surface area contributed by atoms with E-state index >= 15 is 0 Å². The highest BCUT2D eigenvalue weighted by atomic mass is 19.4. The molecule has 11 heteroatoms. The predicted octanol–water partition coefficient (Wildman–Crippen LogP) is -1.30. The van der Waals surface area contributed by atoms with Crippen molar-refractivity contribution in [2.75, 3.05) is 0 Å². The van der Waals surface area contributed by atoms with Gasteiger partial charge in [-0.25, -0.2) is 9.79 Å². The van der Waals surface area contributed by atoms with Gasteiger partial charge in [-0.3, -0.25) is 11.5 Å². The number of hydrogen-bond donors (Lipinski definition) is 3. The Morgan fingerprint density at radius 3 is 1.56 bits per heavy atom. The minimum absolute atomic E-state index is 0.765. The second kappa shape index (κ2) is 3.79. The molecule has 5 N–H and O–H groups in total. The number of nitrogens with two attached hydrogens (primary N) is 2. The molecule has 4 nitrogen and oxygen atoms in total. The number of carbonyl (C=O) groups is 1. The monoisotopic (exact) mass is 256 g/mol. The van der Waals surface area contributed by atoms with E-state index in [1.54, 1.807) is 0 Å². The van der Waals surface area contributed by atoms with E-state index in [0.29, 0.717) is 0 Å². The second-order valence-corrected chi connectivity index (χ2v) is 2.56. The summed E-state index contributed by atoms with van der Waals surface area (Å²) in [5, 5.41) is 0. The molecule has 0 radical (unpaired) electrons. The Bertz CT molecular complexity index is 316. The van der Waals surface area contributed by atoms with Crippen LogP contribution in [0.25, 0.3) is 0 Å². The van der Waals surface area contributed by atoms with Gasteiger partial charge in [0.1, 0.15) is 0 Å². The number of rotatable bonds is 2. The minimum atomic E-state index is -6.59.